The van der Waals surface area contributed by atoms with Crippen molar-refractivity contribution < 1.29 is 14.3 Å². The van der Waals surface area contributed by atoms with Crippen molar-refractivity contribution in [1.82, 2.24) is 5.43 Å². The topological polar surface area (TPSA) is 59.9 Å². The Labute approximate surface area is 190 Å². The van der Waals surface area contributed by atoms with Crippen LogP contribution in [0.5, 0.6) is 11.5 Å². The van der Waals surface area contributed by atoms with Gasteiger partial charge in [-0.05, 0) is 64.9 Å². The predicted molar refractivity (Wildman–Crippen MR) is 128 cm³/mol. The summed E-state index contributed by atoms with van der Waals surface area (Å²) in [5, 5.41) is 4.00. The fourth-order valence-electron chi connectivity index (χ4n) is 3.02. The molecule has 0 aliphatic rings. The largest absolute Gasteiger partial charge is 0.489 e. The van der Waals surface area contributed by atoms with E-state index in [2.05, 4.69) is 37.4 Å². The molecular formula is C27H30N2O3. The van der Waals surface area contributed by atoms with Crippen LogP contribution in [0.15, 0.2) is 77.9 Å². The van der Waals surface area contributed by atoms with Gasteiger partial charge in [-0.2, -0.15) is 5.10 Å². The molecule has 0 unspecified atom stereocenters. The highest BCUT2D eigenvalue weighted by molar-refractivity contribution is 5.83. The Bertz CT molecular complexity index is 1050. The SMILES string of the molecule is Cc1cc(C(C)(C)C)ccc1OCC(=O)N/N=C/c1ccc(OCc2ccccc2)cc1. The molecule has 0 radical (unpaired) electrons. The third kappa shape index (κ3) is 6.98. The first kappa shape index (κ1) is 23.1. The third-order valence-corrected chi connectivity index (χ3v) is 4.93. The van der Waals surface area contributed by atoms with Crippen LogP contribution in [0.3, 0.4) is 0 Å². The summed E-state index contributed by atoms with van der Waals surface area (Å²) in [7, 11) is 0. The monoisotopic (exact) mass is 430 g/mol. The van der Waals surface area contributed by atoms with Gasteiger partial charge in [-0.15, -0.1) is 0 Å². The number of hydrogen-bond acceptors (Lipinski definition) is 4. The number of ether oxygens (including phenoxy) is 2. The summed E-state index contributed by atoms with van der Waals surface area (Å²) in [5.74, 6) is 1.16. The van der Waals surface area contributed by atoms with Gasteiger partial charge < -0.3 is 9.47 Å². The maximum absolute atomic E-state index is 12.0. The van der Waals surface area contributed by atoms with E-state index in [4.69, 9.17) is 9.47 Å². The Morgan fingerprint density at radius 1 is 0.969 bits per heavy atom. The van der Waals surface area contributed by atoms with Gasteiger partial charge in [0.1, 0.15) is 18.1 Å². The summed E-state index contributed by atoms with van der Waals surface area (Å²) in [6, 6.07) is 23.6. The maximum Gasteiger partial charge on any atom is 0.277 e. The van der Waals surface area contributed by atoms with Crippen LogP contribution in [0.2, 0.25) is 0 Å². The van der Waals surface area contributed by atoms with E-state index in [9.17, 15) is 4.79 Å². The molecule has 32 heavy (non-hydrogen) atoms. The lowest BCUT2D eigenvalue weighted by Gasteiger charge is -2.20. The fraction of sp³-hybridized carbons (Fsp3) is 0.259. The molecule has 0 saturated carbocycles. The minimum atomic E-state index is -0.316. The quantitative estimate of drug-likeness (QED) is 0.384. The number of carbonyl (C=O) groups is 1. The molecule has 0 saturated heterocycles. The molecule has 0 aliphatic heterocycles. The minimum Gasteiger partial charge on any atom is -0.489 e. The lowest BCUT2D eigenvalue weighted by atomic mass is 9.86. The van der Waals surface area contributed by atoms with Crippen molar-refractivity contribution in [3.05, 3.63) is 95.1 Å². The molecule has 3 aromatic rings. The first-order chi connectivity index (χ1) is 15.3. The number of hydrogen-bond donors (Lipinski definition) is 1. The number of rotatable bonds is 8. The van der Waals surface area contributed by atoms with Crippen molar-refractivity contribution in [2.24, 2.45) is 5.10 Å². The summed E-state index contributed by atoms with van der Waals surface area (Å²) >= 11 is 0. The van der Waals surface area contributed by atoms with Crippen LogP contribution in [0.4, 0.5) is 0 Å². The Hall–Kier alpha value is -3.60. The van der Waals surface area contributed by atoms with Gasteiger partial charge in [-0.25, -0.2) is 5.43 Å². The average Bonchev–Trinajstić information content (AvgIpc) is 2.78. The molecular weight excluding hydrogens is 400 g/mol. The Kier molecular flexibility index (Phi) is 7.66. The Morgan fingerprint density at radius 3 is 2.34 bits per heavy atom. The van der Waals surface area contributed by atoms with E-state index >= 15 is 0 Å². The van der Waals surface area contributed by atoms with Crippen molar-refractivity contribution in [2.75, 3.05) is 6.61 Å². The fourth-order valence-corrected chi connectivity index (χ4v) is 3.02. The standard InChI is InChI=1S/C27H30N2O3/c1-20-16-23(27(2,3)4)12-15-25(20)32-19-26(30)29-28-17-21-10-13-24(14-11-21)31-18-22-8-6-5-7-9-22/h5-17H,18-19H2,1-4H3,(H,29,30)/b28-17+. The zero-order valence-electron chi connectivity index (χ0n) is 19.1. The van der Waals surface area contributed by atoms with Gasteiger partial charge in [0.25, 0.3) is 5.91 Å². The molecule has 5 heteroatoms. The number of hydrazone groups is 1. The number of carbonyl (C=O) groups excluding carboxylic acids is 1. The Morgan fingerprint density at radius 2 is 1.69 bits per heavy atom. The van der Waals surface area contributed by atoms with Gasteiger partial charge in [0, 0.05) is 0 Å². The highest BCUT2D eigenvalue weighted by atomic mass is 16.5. The van der Waals surface area contributed by atoms with Crippen molar-refractivity contribution in [3.63, 3.8) is 0 Å². The zero-order chi connectivity index (χ0) is 23.0. The lowest BCUT2D eigenvalue weighted by Crippen LogP contribution is -2.24. The summed E-state index contributed by atoms with van der Waals surface area (Å²) in [6.45, 7) is 8.90. The van der Waals surface area contributed by atoms with Gasteiger partial charge in [0.05, 0.1) is 6.21 Å². The molecule has 0 atom stereocenters. The Balaban J connectivity index is 1.44. The highest BCUT2D eigenvalue weighted by Crippen LogP contribution is 2.27. The third-order valence-electron chi connectivity index (χ3n) is 4.93. The molecule has 5 nitrogen and oxygen atoms in total. The summed E-state index contributed by atoms with van der Waals surface area (Å²) in [4.78, 5) is 12.0. The average molecular weight is 431 g/mol. The molecule has 0 fully saturated rings. The molecule has 166 valence electrons. The molecule has 0 aromatic heterocycles. The number of nitrogens with one attached hydrogen (secondary N) is 1. The van der Waals surface area contributed by atoms with Gasteiger partial charge in [0.15, 0.2) is 6.61 Å². The summed E-state index contributed by atoms with van der Waals surface area (Å²) < 4.78 is 11.4. The second-order valence-corrected chi connectivity index (χ2v) is 8.66. The van der Waals surface area contributed by atoms with E-state index < -0.39 is 0 Å². The molecule has 0 aliphatic carbocycles. The van der Waals surface area contributed by atoms with E-state index in [1.54, 1.807) is 6.21 Å². The molecule has 1 N–H and O–H groups in total. The van der Waals surface area contributed by atoms with Crippen LogP contribution in [0, 0.1) is 6.92 Å². The number of aryl methyl sites for hydroxylation is 1. The van der Waals surface area contributed by atoms with Crippen molar-refractivity contribution in [3.8, 4) is 11.5 Å². The summed E-state index contributed by atoms with van der Waals surface area (Å²) in [6.07, 6.45) is 1.59. The van der Waals surface area contributed by atoms with E-state index in [0.29, 0.717) is 12.4 Å². The number of nitrogens with zero attached hydrogens (tertiary/aromatic N) is 1. The van der Waals surface area contributed by atoms with Crippen LogP contribution in [-0.4, -0.2) is 18.7 Å². The highest BCUT2D eigenvalue weighted by Gasteiger charge is 2.15. The van der Waals surface area contributed by atoms with E-state index in [-0.39, 0.29) is 17.9 Å². The van der Waals surface area contributed by atoms with Crippen LogP contribution < -0.4 is 14.9 Å². The molecule has 3 aromatic carbocycles. The van der Waals surface area contributed by atoms with Gasteiger partial charge >= 0.3 is 0 Å². The van der Waals surface area contributed by atoms with Crippen molar-refractivity contribution >= 4 is 12.1 Å². The molecule has 0 bridgehead atoms. The van der Waals surface area contributed by atoms with E-state index in [1.165, 1.54) is 5.56 Å². The number of benzene rings is 3. The van der Waals surface area contributed by atoms with Gasteiger partial charge in [-0.3, -0.25) is 4.79 Å². The second-order valence-electron chi connectivity index (χ2n) is 8.66. The zero-order valence-corrected chi connectivity index (χ0v) is 19.1. The first-order valence-corrected chi connectivity index (χ1v) is 10.6. The lowest BCUT2D eigenvalue weighted by molar-refractivity contribution is -0.123. The minimum absolute atomic E-state index is 0.0710. The van der Waals surface area contributed by atoms with Crippen molar-refractivity contribution in [2.45, 2.75) is 39.7 Å². The van der Waals surface area contributed by atoms with Crippen LogP contribution in [0.1, 0.15) is 43.0 Å². The molecule has 3 rings (SSSR count). The first-order valence-electron chi connectivity index (χ1n) is 10.6. The summed E-state index contributed by atoms with van der Waals surface area (Å²) in [5.41, 5.74) is 6.76. The molecule has 0 spiro atoms. The van der Waals surface area contributed by atoms with E-state index in [0.717, 1.165) is 22.4 Å². The smallest absolute Gasteiger partial charge is 0.277 e. The predicted octanol–water partition coefficient (Wildman–Crippen LogP) is 5.40. The second kappa shape index (κ2) is 10.6. The van der Waals surface area contributed by atoms with Crippen LogP contribution in [0.25, 0.3) is 0 Å². The molecule has 0 heterocycles. The number of amides is 1. The van der Waals surface area contributed by atoms with Crippen molar-refractivity contribution in [1.29, 1.82) is 0 Å². The molecule has 1 amide bonds. The van der Waals surface area contributed by atoms with Gasteiger partial charge in [-0.1, -0.05) is 63.2 Å². The van der Waals surface area contributed by atoms with Crippen LogP contribution in [-0.2, 0) is 16.8 Å². The maximum atomic E-state index is 12.0. The van der Waals surface area contributed by atoms with E-state index in [1.807, 2.05) is 73.7 Å². The van der Waals surface area contributed by atoms with Gasteiger partial charge in [0.2, 0.25) is 0 Å². The van der Waals surface area contributed by atoms with Crippen LogP contribution >= 0.6 is 0 Å². The normalized spacial score (nSPS) is 11.4.